The van der Waals surface area contributed by atoms with E-state index in [2.05, 4.69) is 27.7 Å². The van der Waals surface area contributed by atoms with Gasteiger partial charge in [0.2, 0.25) is 0 Å². The molecule has 0 fully saturated rings. The Morgan fingerprint density at radius 1 is 0.352 bits per heavy atom. The van der Waals surface area contributed by atoms with Crippen LogP contribution in [-0.4, -0.2) is 37.2 Å². The number of esters is 3. The van der Waals surface area contributed by atoms with Gasteiger partial charge in [0.15, 0.2) is 6.10 Å². The molecule has 0 heterocycles. The molecule has 0 saturated heterocycles. The second-order valence-corrected chi connectivity index (χ2v) is 16.9. The Bertz CT molecular complexity index is 811. The number of hydrogen-bond acceptors (Lipinski definition) is 6. The summed E-state index contributed by atoms with van der Waals surface area (Å²) in [7, 11) is 0. The Balaban J connectivity index is 4.31. The van der Waals surface area contributed by atoms with Gasteiger partial charge in [-0.2, -0.15) is 0 Å². The van der Waals surface area contributed by atoms with Crippen LogP contribution in [0, 0.1) is 5.92 Å². The van der Waals surface area contributed by atoms with Crippen molar-refractivity contribution in [3.63, 3.8) is 0 Å². The summed E-state index contributed by atoms with van der Waals surface area (Å²) in [6.07, 6.45) is 42.2. The fourth-order valence-electron chi connectivity index (χ4n) is 7.16. The third kappa shape index (κ3) is 41.6. The maximum absolute atomic E-state index is 12.7. The maximum Gasteiger partial charge on any atom is 0.306 e. The van der Waals surface area contributed by atoms with Crippen molar-refractivity contribution in [1.29, 1.82) is 0 Å². The second kappa shape index (κ2) is 42.6. The number of hydrogen-bond donors (Lipinski definition) is 0. The molecule has 0 aromatic rings. The van der Waals surface area contributed by atoms with Crippen LogP contribution in [0.5, 0.6) is 0 Å². The minimum absolute atomic E-state index is 0.0634. The van der Waals surface area contributed by atoms with Crippen LogP contribution in [0.4, 0.5) is 0 Å². The molecule has 0 aliphatic heterocycles. The van der Waals surface area contributed by atoms with E-state index in [1.54, 1.807) is 0 Å². The van der Waals surface area contributed by atoms with E-state index in [1.807, 2.05) is 0 Å². The summed E-state index contributed by atoms with van der Waals surface area (Å²) in [5.74, 6) is -0.0246. The third-order valence-corrected chi connectivity index (χ3v) is 10.8. The Hall–Kier alpha value is -1.59. The molecule has 0 aromatic carbocycles. The molecule has 0 radical (unpaired) electrons. The minimum atomic E-state index is -0.759. The molecular formula is C48H92O6. The Morgan fingerprint density at radius 2 is 0.611 bits per heavy atom. The predicted molar refractivity (Wildman–Crippen MR) is 229 cm³/mol. The van der Waals surface area contributed by atoms with E-state index in [1.165, 1.54) is 161 Å². The molecule has 0 saturated carbocycles. The van der Waals surface area contributed by atoms with Crippen LogP contribution in [0.25, 0.3) is 0 Å². The molecule has 6 heteroatoms. The molecule has 0 unspecified atom stereocenters. The van der Waals surface area contributed by atoms with Crippen LogP contribution < -0.4 is 0 Å². The number of carbonyl (C=O) groups excluding carboxylic acids is 3. The topological polar surface area (TPSA) is 78.9 Å². The fourth-order valence-corrected chi connectivity index (χ4v) is 7.16. The first-order chi connectivity index (χ1) is 26.4. The molecule has 0 aliphatic rings. The van der Waals surface area contributed by atoms with Gasteiger partial charge in [-0.15, -0.1) is 0 Å². The van der Waals surface area contributed by atoms with Gasteiger partial charge in [-0.25, -0.2) is 0 Å². The van der Waals surface area contributed by atoms with Gasteiger partial charge in [0.1, 0.15) is 13.2 Å². The number of rotatable bonds is 43. The normalized spacial score (nSPS) is 11.9. The van der Waals surface area contributed by atoms with Gasteiger partial charge in [-0.1, -0.05) is 227 Å². The summed E-state index contributed by atoms with van der Waals surface area (Å²) in [6, 6.07) is 0. The van der Waals surface area contributed by atoms with Crippen molar-refractivity contribution in [2.75, 3.05) is 13.2 Å². The van der Waals surface area contributed by atoms with Gasteiger partial charge in [-0.05, 0) is 25.2 Å². The largest absolute Gasteiger partial charge is 0.462 e. The van der Waals surface area contributed by atoms with Crippen LogP contribution >= 0.6 is 0 Å². The van der Waals surface area contributed by atoms with Crippen molar-refractivity contribution >= 4 is 17.9 Å². The Labute approximate surface area is 336 Å². The van der Waals surface area contributed by atoms with Gasteiger partial charge in [0.05, 0.1) is 0 Å². The standard InChI is InChI=1S/C48H92O6/c1-5-7-9-11-13-15-18-23-27-31-35-39-46(49)52-42-45(54-48(51)41-37-33-29-25-19-16-14-12-10-8-6-2)43-53-47(50)40-36-32-28-24-21-17-20-22-26-30-34-38-44(3)4/h44-45H,5-43H2,1-4H3/t45-/m1/s1. The van der Waals surface area contributed by atoms with Crippen LogP contribution in [0.1, 0.15) is 265 Å². The van der Waals surface area contributed by atoms with E-state index in [0.717, 1.165) is 63.7 Å². The van der Waals surface area contributed by atoms with Gasteiger partial charge in [-0.3, -0.25) is 14.4 Å². The summed E-state index contributed by atoms with van der Waals surface area (Å²) in [5, 5.41) is 0. The van der Waals surface area contributed by atoms with E-state index in [0.29, 0.717) is 19.3 Å². The zero-order valence-corrected chi connectivity index (χ0v) is 36.7. The molecule has 320 valence electrons. The van der Waals surface area contributed by atoms with Crippen LogP contribution in [0.15, 0.2) is 0 Å². The Morgan fingerprint density at radius 3 is 0.907 bits per heavy atom. The molecule has 0 amide bonds. The molecule has 0 aromatic heterocycles. The fraction of sp³-hybridized carbons (Fsp3) is 0.938. The van der Waals surface area contributed by atoms with Crippen molar-refractivity contribution in [3.8, 4) is 0 Å². The molecule has 0 bridgehead atoms. The monoisotopic (exact) mass is 765 g/mol. The molecule has 54 heavy (non-hydrogen) atoms. The average molecular weight is 765 g/mol. The molecule has 0 aliphatic carbocycles. The van der Waals surface area contributed by atoms with E-state index in [-0.39, 0.29) is 31.1 Å². The average Bonchev–Trinajstić information content (AvgIpc) is 3.15. The van der Waals surface area contributed by atoms with E-state index in [9.17, 15) is 14.4 Å². The highest BCUT2D eigenvalue weighted by molar-refractivity contribution is 5.71. The zero-order chi connectivity index (χ0) is 39.6. The minimum Gasteiger partial charge on any atom is -0.462 e. The lowest BCUT2D eigenvalue weighted by Gasteiger charge is -2.18. The molecular weight excluding hydrogens is 673 g/mol. The van der Waals surface area contributed by atoms with E-state index in [4.69, 9.17) is 14.2 Å². The van der Waals surface area contributed by atoms with Gasteiger partial charge >= 0.3 is 17.9 Å². The summed E-state index contributed by atoms with van der Waals surface area (Å²) in [5.41, 5.74) is 0. The first-order valence-electron chi connectivity index (χ1n) is 23.9. The Kier molecular flexibility index (Phi) is 41.3. The first-order valence-corrected chi connectivity index (χ1v) is 23.9. The lowest BCUT2D eigenvalue weighted by atomic mass is 10.0. The van der Waals surface area contributed by atoms with Crippen molar-refractivity contribution in [2.45, 2.75) is 271 Å². The molecule has 6 nitrogen and oxygen atoms in total. The van der Waals surface area contributed by atoms with Crippen molar-refractivity contribution in [2.24, 2.45) is 5.92 Å². The predicted octanol–water partition coefficient (Wildman–Crippen LogP) is 15.1. The van der Waals surface area contributed by atoms with Gasteiger partial charge in [0, 0.05) is 19.3 Å². The summed E-state index contributed by atoms with van der Waals surface area (Å²) < 4.78 is 16.7. The van der Waals surface area contributed by atoms with Crippen molar-refractivity contribution in [1.82, 2.24) is 0 Å². The highest BCUT2D eigenvalue weighted by Gasteiger charge is 2.19. The summed E-state index contributed by atoms with van der Waals surface area (Å²) in [6.45, 7) is 8.99. The quantitative estimate of drug-likeness (QED) is 0.0349. The highest BCUT2D eigenvalue weighted by atomic mass is 16.6. The lowest BCUT2D eigenvalue weighted by molar-refractivity contribution is -0.167. The molecule has 0 spiro atoms. The second-order valence-electron chi connectivity index (χ2n) is 16.9. The highest BCUT2D eigenvalue weighted by Crippen LogP contribution is 2.16. The number of unbranched alkanes of at least 4 members (excludes halogenated alkanes) is 30. The van der Waals surface area contributed by atoms with Gasteiger partial charge < -0.3 is 14.2 Å². The molecule has 1 atom stereocenters. The first kappa shape index (κ1) is 52.4. The number of ether oxygens (including phenoxy) is 3. The van der Waals surface area contributed by atoms with Crippen molar-refractivity contribution < 1.29 is 28.6 Å². The number of carbonyl (C=O) groups is 3. The summed E-state index contributed by atoms with van der Waals surface area (Å²) in [4.78, 5) is 37.7. The maximum atomic E-state index is 12.7. The van der Waals surface area contributed by atoms with E-state index >= 15 is 0 Å². The molecule has 0 rings (SSSR count). The van der Waals surface area contributed by atoms with Crippen LogP contribution in [-0.2, 0) is 28.6 Å². The van der Waals surface area contributed by atoms with E-state index < -0.39 is 6.10 Å². The summed E-state index contributed by atoms with van der Waals surface area (Å²) >= 11 is 0. The SMILES string of the molecule is CCCCCCCCCCCCCC(=O)OC[C@H](COC(=O)CCCCCCCCCCCCCC(C)C)OC(=O)CCCCCCCCCCCCC. The lowest BCUT2D eigenvalue weighted by Crippen LogP contribution is -2.30. The van der Waals surface area contributed by atoms with Gasteiger partial charge in [0.25, 0.3) is 0 Å². The molecule has 0 N–H and O–H groups in total. The van der Waals surface area contributed by atoms with Crippen LogP contribution in [0.2, 0.25) is 0 Å². The smallest absolute Gasteiger partial charge is 0.306 e. The van der Waals surface area contributed by atoms with Crippen molar-refractivity contribution in [3.05, 3.63) is 0 Å². The third-order valence-electron chi connectivity index (χ3n) is 10.8. The van der Waals surface area contributed by atoms with Crippen LogP contribution in [0.3, 0.4) is 0 Å². The zero-order valence-electron chi connectivity index (χ0n) is 36.7.